The van der Waals surface area contributed by atoms with Gasteiger partial charge in [-0.1, -0.05) is 30.3 Å². The lowest BCUT2D eigenvalue weighted by atomic mass is 10.2. The minimum Gasteiger partial charge on any atom is -0.480 e. The number of hydrogen-bond donors (Lipinski definition) is 2. The first kappa shape index (κ1) is 18.4. The molecule has 7 heteroatoms. The number of nitrogens with zero attached hydrogens (tertiary/aromatic N) is 2. The highest BCUT2D eigenvalue weighted by molar-refractivity contribution is 6.03. The zero-order chi connectivity index (χ0) is 19.2. The molecule has 0 atom stereocenters. The van der Waals surface area contributed by atoms with E-state index in [-0.39, 0.29) is 24.9 Å². The third kappa shape index (κ3) is 4.63. The number of para-hydroxylation sites is 3. The number of hydrogen-bond acceptors (Lipinski definition) is 4. The van der Waals surface area contributed by atoms with Crippen LogP contribution >= 0.6 is 0 Å². The Labute approximate surface area is 157 Å². The van der Waals surface area contributed by atoms with Crippen LogP contribution in [0.1, 0.15) is 12.8 Å². The molecule has 0 spiro atoms. The zero-order valence-corrected chi connectivity index (χ0v) is 14.8. The van der Waals surface area contributed by atoms with Gasteiger partial charge in [0.25, 0.3) is 0 Å². The average Bonchev–Trinajstić information content (AvgIpc) is 3.08. The summed E-state index contributed by atoms with van der Waals surface area (Å²) in [6, 6.07) is 16.1. The molecular formula is C20H21N3O4. The summed E-state index contributed by atoms with van der Waals surface area (Å²) in [7, 11) is 0. The number of rotatable bonds is 7. The molecule has 0 radical (unpaired) electrons. The van der Waals surface area contributed by atoms with E-state index in [9.17, 15) is 14.4 Å². The van der Waals surface area contributed by atoms with Crippen molar-refractivity contribution >= 4 is 34.8 Å². The maximum absolute atomic E-state index is 12.6. The van der Waals surface area contributed by atoms with Crippen LogP contribution in [0.3, 0.4) is 0 Å². The third-order valence-corrected chi connectivity index (χ3v) is 4.32. The Balaban J connectivity index is 1.75. The van der Waals surface area contributed by atoms with E-state index < -0.39 is 5.97 Å². The van der Waals surface area contributed by atoms with Gasteiger partial charge in [-0.25, -0.2) is 0 Å². The van der Waals surface area contributed by atoms with Gasteiger partial charge in [-0.15, -0.1) is 0 Å². The van der Waals surface area contributed by atoms with Gasteiger partial charge < -0.3 is 20.2 Å². The Bertz CT molecular complexity index is 838. The normalized spacial score (nSPS) is 13.5. The number of anilines is 3. The first-order chi connectivity index (χ1) is 13.0. The van der Waals surface area contributed by atoms with Crippen LogP contribution in [0.25, 0.3) is 0 Å². The zero-order valence-electron chi connectivity index (χ0n) is 14.8. The van der Waals surface area contributed by atoms with E-state index in [1.165, 1.54) is 4.90 Å². The van der Waals surface area contributed by atoms with Crippen LogP contribution in [0.2, 0.25) is 0 Å². The summed E-state index contributed by atoms with van der Waals surface area (Å²) in [6.07, 6.45) is 1.30. The van der Waals surface area contributed by atoms with Crippen molar-refractivity contribution in [2.75, 3.05) is 34.8 Å². The van der Waals surface area contributed by atoms with Crippen molar-refractivity contribution in [3.05, 3.63) is 54.6 Å². The largest absolute Gasteiger partial charge is 0.480 e. The van der Waals surface area contributed by atoms with Crippen LogP contribution in [0.5, 0.6) is 0 Å². The summed E-state index contributed by atoms with van der Waals surface area (Å²) >= 11 is 0. The van der Waals surface area contributed by atoms with Crippen LogP contribution in [0, 0.1) is 0 Å². The summed E-state index contributed by atoms with van der Waals surface area (Å²) in [5, 5.41) is 12.0. The summed E-state index contributed by atoms with van der Waals surface area (Å²) in [4.78, 5) is 38.9. The first-order valence-corrected chi connectivity index (χ1v) is 8.75. The molecule has 2 amide bonds. The summed E-state index contributed by atoms with van der Waals surface area (Å²) in [6.45, 7) is 0.225. The molecule has 140 valence electrons. The quantitative estimate of drug-likeness (QED) is 0.784. The lowest BCUT2D eigenvalue weighted by Gasteiger charge is -2.24. The Kier molecular flexibility index (Phi) is 5.71. The van der Waals surface area contributed by atoms with E-state index in [2.05, 4.69) is 5.32 Å². The van der Waals surface area contributed by atoms with Crippen molar-refractivity contribution in [2.45, 2.75) is 12.8 Å². The molecule has 0 aliphatic carbocycles. The van der Waals surface area contributed by atoms with Gasteiger partial charge in [0.2, 0.25) is 11.8 Å². The summed E-state index contributed by atoms with van der Waals surface area (Å²) in [5.41, 5.74) is 1.86. The average molecular weight is 367 g/mol. The number of carbonyl (C=O) groups excluding carboxylic acids is 2. The van der Waals surface area contributed by atoms with E-state index >= 15 is 0 Å². The fraction of sp³-hybridized carbons (Fsp3) is 0.250. The van der Waals surface area contributed by atoms with E-state index in [1.54, 1.807) is 47.4 Å². The van der Waals surface area contributed by atoms with Gasteiger partial charge in [-0.2, -0.15) is 0 Å². The van der Waals surface area contributed by atoms with Gasteiger partial charge >= 0.3 is 5.97 Å². The van der Waals surface area contributed by atoms with E-state index in [4.69, 9.17) is 5.11 Å². The minimum absolute atomic E-state index is 0.0356. The number of carboxylic acids is 1. The second-order valence-corrected chi connectivity index (χ2v) is 6.30. The van der Waals surface area contributed by atoms with Crippen molar-refractivity contribution in [3.63, 3.8) is 0 Å². The maximum Gasteiger partial charge on any atom is 0.323 e. The molecule has 3 rings (SSSR count). The topological polar surface area (TPSA) is 89.9 Å². The Morgan fingerprint density at radius 2 is 1.74 bits per heavy atom. The molecule has 2 aromatic carbocycles. The number of nitrogens with one attached hydrogen (secondary N) is 1. The molecule has 0 bridgehead atoms. The predicted octanol–water partition coefficient (Wildman–Crippen LogP) is 2.34. The minimum atomic E-state index is -1.02. The molecule has 1 aliphatic heterocycles. The van der Waals surface area contributed by atoms with Gasteiger partial charge in [-0.05, 0) is 30.7 Å². The van der Waals surface area contributed by atoms with Gasteiger partial charge in [0.05, 0.1) is 17.9 Å². The Morgan fingerprint density at radius 1 is 1.04 bits per heavy atom. The highest BCUT2D eigenvalue weighted by Gasteiger charge is 2.24. The highest BCUT2D eigenvalue weighted by Crippen LogP contribution is 2.29. The third-order valence-electron chi connectivity index (χ3n) is 4.32. The van der Waals surface area contributed by atoms with E-state index in [0.717, 1.165) is 6.42 Å². The molecule has 0 aromatic heterocycles. The number of aliphatic carboxylic acids is 1. The van der Waals surface area contributed by atoms with Crippen LogP contribution in [-0.2, 0) is 14.4 Å². The van der Waals surface area contributed by atoms with Gasteiger partial charge in [-0.3, -0.25) is 14.4 Å². The Morgan fingerprint density at radius 3 is 2.41 bits per heavy atom. The first-order valence-electron chi connectivity index (χ1n) is 8.75. The van der Waals surface area contributed by atoms with Crippen LogP contribution < -0.4 is 15.1 Å². The van der Waals surface area contributed by atoms with Crippen LogP contribution in [-0.4, -0.2) is 42.5 Å². The summed E-state index contributed by atoms with van der Waals surface area (Å²) < 4.78 is 0. The van der Waals surface area contributed by atoms with Gasteiger partial charge in [0.1, 0.15) is 6.54 Å². The molecule has 7 nitrogen and oxygen atoms in total. The van der Waals surface area contributed by atoms with E-state index in [0.29, 0.717) is 30.0 Å². The van der Waals surface area contributed by atoms with Gasteiger partial charge in [0, 0.05) is 18.7 Å². The van der Waals surface area contributed by atoms with Crippen molar-refractivity contribution < 1.29 is 19.5 Å². The molecule has 2 aromatic rings. The molecule has 0 unspecified atom stereocenters. The monoisotopic (exact) mass is 367 g/mol. The lowest BCUT2D eigenvalue weighted by Crippen LogP contribution is -2.37. The second-order valence-electron chi connectivity index (χ2n) is 6.30. The fourth-order valence-corrected chi connectivity index (χ4v) is 3.12. The fourth-order valence-electron chi connectivity index (χ4n) is 3.12. The van der Waals surface area contributed by atoms with E-state index in [1.807, 2.05) is 12.1 Å². The number of carbonyl (C=O) groups is 3. The smallest absolute Gasteiger partial charge is 0.323 e. The summed E-state index contributed by atoms with van der Waals surface area (Å²) in [5.74, 6) is -1.33. The standard InChI is InChI=1S/C20H21N3O4/c24-18(13-22(14-20(26)27)15-7-2-1-3-8-15)21-16-9-4-5-10-17(16)23-12-6-11-19(23)25/h1-5,7-10H,6,11-14H2,(H,21,24)(H,26,27). The van der Waals surface area contributed by atoms with Crippen molar-refractivity contribution in [1.29, 1.82) is 0 Å². The molecular weight excluding hydrogens is 346 g/mol. The van der Waals surface area contributed by atoms with Crippen LogP contribution in [0.15, 0.2) is 54.6 Å². The lowest BCUT2D eigenvalue weighted by molar-refractivity contribution is -0.135. The molecule has 1 heterocycles. The molecule has 1 saturated heterocycles. The number of carboxylic acid groups (broad SMARTS) is 1. The SMILES string of the molecule is O=C(O)CN(CC(=O)Nc1ccccc1N1CCCC1=O)c1ccccc1. The second kappa shape index (κ2) is 8.35. The number of amides is 2. The predicted molar refractivity (Wildman–Crippen MR) is 103 cm³/mol. The molecule has 27 heavy (non-hydrogen) atoms. The molecule has 1 fully saturated rings. The highest BCUT2D eigenvalue weighted by atomic mass is 16.4. The maximum atomic E-state index is 12.6. The van der Waals surface area contributed by atoms with Crippen molar-refractivity contribution in [1.82, 2.24) is 0 Å². The Hall–Kier alpha value is -3.35. The van der Waals surface area contributed by atoms with Crippen molar-refractivity contribution in [3.8, 4) is 0 Å². The van der Waals surface area contributed by atoms with Crippen LogP contribution in [0.4, 0.5) is 17.1 Å². The van der Waals surface area contributed by atoms with Gasteiger partial charge in [0.15, 0.2) is 0 Å². The molecule has 1 aliphatic rings. The molecule has 2 N–H and O–H groups in total. The molecule has 0 saturated carbocycles. The van der Waals surface area contributed by atoms with Crippen molar-refractivity contribution in [2.24, 2.45) is 0 Å². The number of benzene rings is 2.